The van der Waals surface area contributed by atoms with Gasteiger partial charge in [-0.25, -0.2) is 4.79 Å². The van der Waals surface area contributed by atoms with E-state index in [0.717, 1.165) is 0 Å². The Morgan fingerprint density at radius 3 is 2.83 bits per heavy atom. The van der Waals surface area contributed by atoms with Crippen molar-refractivity contribution in [2.24, 2.45) is 0 Å². The second-order valence-corrected chi connectivity index (χ2v) is 4.59. The maximum Gasteiger partial charge on any atom is 0.333 e. The maximum absolute atomic E-state index is 11.8. The second-order valence-electron chi connectivity index (χ2n) is 3.64. The van der Waals surface area contributed by atoms with Crippen LogP contribution in [0, 0.1) is 0 Å². The molecule has 96 valence electrons. The summed E-state index contributed by atoms with van der Waals surface area (Å²) in [4.78, 5) is 25.0. The summed E-state index contributed by atoms with van der Waals surface area (Å²) in [7, 11) is 0. The van der Waals surface area contributed by atoms with Crippen molar-refractivity contribution in [3.63, 3.8) is 0 Å². The fourth-order valence-corrected chi connectivity index (χ4v) is 2.21. The van der Waals surface area contributed by atoms with E-state index in [-0.39, 0.29) is 31.3 Å². The molecule has 0 amide bonds. The van der Waals surface area contributed by atoms with Gasteiger partial charge in [0.15, 0.2) is 5.78 Å². The van der Waals surface area contributed by atoms with Crippen LogP contribution in [0.5, 0.6) is 0 Å². The number of carbonyl (C=O) groups excluding carboxylic acids is 1. The van der Waals surface area contributed by atoms with Gasteiger partial charge in [0.05, 0.1) is 23.5 Å². The van der Waals surface area contributed by atoms with Gasteiger partial charge in [-0.15, -0.1) is 23.7 Å². The Labute approximate surface area is 115 Å². The molecule has 0 unspecified atom stereocenters. The number of ketones is 1. The highest BCUT2D eigenvalue weighted by molar-refractivity contribution is 7.12. The van der Waals surface area contributed by atoms with Crippen molar-refractivity contribution in [2.45, 2.75) is 0 Å². The minimum absolute atomic E-state index is 0. The smallest absolute Gasteiger partial charge is 0.333 e. The van der Waals surface area contributed by atoms with Crippen LogP contribution in [0.4, 0.5) is 0 Å². The number of rotatable bonds is 4. The highest BCUT2D eigenvalue weighted by atomic mass is 35.5. The molecule has 2 heterocycles. The summed E-state index contributed by atoms with van der Waals surface area (Å²) < 4.78 is 0. The van der Waals surface area contributed by atoms with Crippen molar-refractivity contribution in [2.75, 3.05) is 13.1 Å². The number of thiophene rings is 1. The van der Waals surface area contributed by atoms with Crippen molar-refractivity contribution < 1.29 is 14.7 Å². The van der Waals surface area contributed by atoms with Crippen molar-refractivity contribution in [3.8, 4) is 0 Å². The molecule has 0 fully saturated rings. The van der Waals surface area contributed by atoms with Gasteiger partial charge in [-0.2, -0.15) is 0 Å². The van der Waals surface area contributed by atoms with Crippen molar-refractivity contribution in [1.29, 1.82) is 0 Å². The zero-order chi connectivity index (χ0) is 12.3. The standard InChI is InChI=1S/C12H11NO3S.ClH/c14-10(11-4-2-6-17-11)8-13-5-1-3-9(7-13)12(15)16;/h1-6H,7-8H2,(H,15,16);1H. The lowest BCUT2D eigenvalue weighted by molar-refractivity contribution is -0.132. The third-order valence-corrected chi connectivity index (χ3v) is 3.30. The van der Waals surface area contributed by atoms with Gasteiger partial charge >= 0.3 is 5.97 Å². The van der Waals surface area contributed by atoms with Gasteiger partial charge < -0.3 is 10.0 Å². The number of carbonyl (C=O) groups is 2. The Hall–Kier alpha value is -1.59. The van der Waals surface area contributed by atoms with Gasteiger partial charge in [-0.05, 0) is 29.8 Å². The molecule has 0 radical (unpaired) electrons. The van der Waals surface area contributed by atoms with E-state index < -0.39 is 5.97 Å². The van der Waals surface area contributed by atoms with E-state index in [1.165, 1.54) is 11.3 Å². The molecule has 0 spiro atoms. The first kappa shape index (κ1) is 14.5. The quantitative estimate of drug-likeness (QED) is 0.862. The van der Waals surface area contributed by atoms with Crippen LogP contribution in [-0.4, -0.2) is 34.8 Å². The monoisotopic (exact) mass is 285 g/mol. The summed E-state index contributed by atoms with van der Waals surface area (Å²) in [6.45, 7) is 0.477. The number of allylic oxidation sites excluding steroid dienone is 2. The summed E-state index contributed by atoms with van der Waals surface area (Å²) in [5, 5.41) is 10.7. The first-order valence-electron chi connectivity index (χ1n) is 5.08. The Morgan fingerprint density at radius 2 is 2.22 bits per heavy atom. The zero-order valence-electron chi connectivity index (χ0n) is 9.41. The van der Waals surface area contributed by atoms with Gasteiger partial charge in [-0.1, -0.05) is 6.07 Å². The molecule has 1 N–H and O–H groups in total. The summed E-state index contributed by atoms with van der Waals surface area (Å²) in [6.07, 6.45) is 4.93. The molecular weight excluding hydrogens is 274 g/mol. The fraction of sp³-hybridized carbons (Fsp3) is 0.167. The molecular formula is C12H12ClNO3S. The van der Waals surface area contributed by atoms with Crippen LogP contribution in [0.3, 0.4) is 0 Å². The highest BCUT2D eigenvalue weighted by Crippen LogP contribution is 2.13. The van der Waals surface area contributed by atoms with Crippen LogP contribution < -0.4 is 0 Å². The Morgan fingerprint density at radius 1 is 1.44 bits per heavy atom. The van der Waals surface area contributed by atoms with Crippen LogP contribution >= 0.6 is 23.7 Å². The normalized spacial score (nSPS) is 13.8. The van der Waals surface area contributed by atoms with E-state index in [1.54, 1.807) is 29.3 Å². The number of carboxylic acids is 1. The molecule has 0 saturated heterocycles. The molecule has 2 rings (SSSR count). The van der Waals surface area contributed by atoms with Gasteiger partial charge in [0.2, 0.25) is 0 Å². The average Bonchev–Trinajstić information content (AvgIpc) is 2.82. The van der Waals surface area contributed by atoms with E-state index in [0.29, 0.717) is 10.5 Å². The lowest BCUT2D eigenvalue weighted by Crippen LogP contribution is -2.30. The fourth-order valence-electron chi connectivity index (χ4n) is 1.55. The molecule has 0 atom stereocenters. The first-order chi connectivity index (χ1) is 8.16. The second kappa shape index (κ2) is 6.37. The van der Waals surface area contributed by atoms with Gasteiger partial charge in [0.1, 0.15) is 0 Å². The molecule has 0 saturated carbocycles. The first-order valence-corrected chi connectivity index (χ1v) is 5.96. The Bertz CT molecular complexity index is 493. The molecule has 1 aliphatic rings. The predicted molar refractivity (Wildman–Crippen MR) is 72.3 cm³/mol. The average molecular weight is 286 g/mol. The number of halogens is 1. The van der Waals surface area contributed by atoms with Crippen LogP contribution in [0.15, 0.2) is 41.4 Å². The van der Waals surface area contributed by atoms with E-state index in [9.17, 15) is 9.59 Å². The third-order valence-electron chi connectivity index (χ3n) is 2.39. The van der Waals surface area contributed by atoms with Crippen molar-refractivity contribution in [1.82, 2.24) is 4.90 Å². The molecule has 6 heteroatoms. The molecule has 0 bridgehead atoms. The lowest BCUT2D eigenvalue weighted by atomic mass is 10.2. The zero-order valence-corrected chi connectivity index (χ0v) is 11.0. The van der Waals surface area contributed by atoms with Crippen molar-refractivity contribution in [3.05, 3.63) is 46.3 Å². The minimum atomic E-state index is -0.942. The number of nitrogens with zero attached hydrogens (tertiary/aromatic N) is 1. The molecule has 1 aliphatic heterocycles. The van der Waals surface area contributed by atoms with E-state index in [2.05, 4.69) is 0 Å². The maximum atomic E-state index is 11.8. The number of Topliss-reactive ketones (excluding diaryl/α,β-unsaturated/α-hetero) is 1. The minimum Gasteiger partial charge on any atom is -0.478 e. The molecule has 1 aromatic rings. The van der Waals surface area contributed by atoms with Gasteiger partial charge in [0, 0.05) is 0 Å². The van der Waals surface area contributed by atoms with E-state index in [1.807, 2.05) is 11.4 Å². The Kier molecular flexibility index (Phi) is 5.12. The summed E-state index contributed by atoms with van der Waals surface area (Å²) in [5.74, 6) is -0.931. The number of hydrogen-bond donors (Lipinski definition) is 1. The van der Waals surface area contributed by atoms with Crippen LogP contribution in [0.25, 0.3) is 0 Å². The molecule has 0 aliphatic carbocycles. The molecule has 4 nitrogen and oxygen atoms in total. The third kappa shape index (κ3) is 3.45. The number of aliphatic carboxylic acids is 1. The van der Waals surface area contributed by atoms with E-state index >= 15 is 0 Å². The number of hydrogen-bond acceptors (Lipinski definition) is 4. The van der Waals surface area contributed by atoms with Gasteiger partial charge in [0.25, 0.3) is 0 Å². The molecule has 18 heavy (non-hydrogen) atoms. The van der Waals surface area contributed by atoms with Crippen LogP contribution in [0.1, 0.15) is 9.67 Å². The largest absolute Gasteiger partial charge is 0.478 e. The SMILES string of the molecule is Cl.O=C(O)C1=CC=CN(CC(=O)c2cccs2)C1. The summed E-state index contributed by atoms with van der Waals surface area (Å²) >= 11 is 1.40. The van der Waals surface area contributed by atoms with E-state index in [4.69, 9.17) is 5.11 Å². The Balaban J connectivity index is 0.00000162. The van der Waals surface area contributed by atoms with Gasteiger partial charge in [-0.3, -0.25) is 4.79 Å². The highest BCUT2D eigenvalue weighted by Gasteiger charge is 2.16. The predicted octanol–water partition coefficient (Wildman–Crippen LogP) is 2.19. The van der Waals surface area contributed by atoms with Crippen LogP contribution in [0.2, 0.25) is 0 Å². The van der Waals surface area contributed by atoms with Crippen LogP contribution in [-0.2, 0) is 4.79 Å². The summed E-state index contributed by atoms with van der Waals surface area (Å²) in [6, 6.07) is 3.60. The van der Waals surface area contributed by atoms with Crippen molar-refractivity contribution >= 4 is 35.5 Å². The lowest BCUT2D eigenvalue weighted by Gasteiger charge is -2.21. The summed E-state index contributed by atoms with van der Waals surface area (Å²) in [5.41, 5.74) is 0.298. The molecule has 1 aromatic heterocycles. The topological polar surface area (TPSA) is 57.6 Å². The molecule has 0 aromatic carbocycles. The number of carboxylic acid groups (broad SMARTS) is 1.